The van der Waals surface area contributed by atoms with Crippen molar-refractivity contribution in [2.45, 2.75) is 18.0 Å². The molecule has 0 atom stereocenters. The number of nitrogens with zero attached hydrogens (tertiary/aromatic N) is 1. The lowest BCUT2D eigenvalue weighted by Gasteiger charge is -2.26. The number of sulfonamides is 1. The molecule has 26 heavy (non-hydrogen) atoms. The second-order valence-electron chi connectivity index (χ2n) is 6.13. The molecule has 1 fully saturated rings. The van der Waals surface area contributed by atoms with E-state index in [1.54, 1.807) is 0 Å². The van der Waals surface area contributed by atoms with Gasteiger partial charge in [-0.3, -0.25) is 4.90 Å². The first-order chi connectivity index (χ1) is 12.4. The summed E-state index contributed by atoms with van der Waals surface area (Å²) in [5.41, 5.74) is 2.08. The molecule has 0 spiro atoms. The van der Waals surface area contributed by atoms with E-state index in [0.29, 0.717) is 0 Å². The third kappa shape index (κ3) is 5.42. The molecule has 0 bridgehead atoms. The van der Waals surface area contributed by atoms with Gasteiger partial charge in [-0.15, -0.1) is 0 Å². The third-order valence-electron chi connectivity index (χ3n) is 4.15. The second-order valence-corrected chi connectivity index (χ2v) is 8.77. The molecule has 0 radical (unpaired) electrons. The molecule has 1 N–H and O–H groups in total. The monoisotopic (exact) mass is 414 g/mol. The Morgan fingerprint density at radius 2 is 1.54 bits per heavy atom. The number of ether oxygens (including phenoxy) is 1. The molecule has 0 aromatic heterocycles. The van der Waals surface area contributed by atoms with Crippen molar-refractivity contribution in [1.29, 1.82) is 0 Å². The largest absolute Gasteiger partial charge is 0.379 e. The van der Waals surface area contributed by atoms with Crippen molar-refractivity contribution in [2.75, 3.05) is 26.3 Å². The van der Waals surface area contributed by atoms with Crippen molar-refractivity contribution in [2.24, 2.45) is 0 Å². The number of halogens is 2. The van der Waals surface area contributed by atoms with Gasteiger partial charge in [0.05, 0.1) is 18.1 Å². The number of nitrogens with one attached hydrogen (secondary N) is 1. The maximum atomic E-state index is 12.4. The molecule has 1 aliphatic heterocycles. The SMILES string of the molecule is O=S(=O)(NCc1ccc(CN2CCOCC2)cc1)c1cc(Cl)cc(Cl)c1. The quantitative estimate of drug-likeness (QED) is 0.787. The van der Waals surface area contributed by atoms with Gasteiger partial charge in [0.15, 0.2) is 0 Å². The minimum Gasteiger partial charge on any atom is -0.379 e. The zero-order valence-corrected chi connectivity index (χ0v) is 16.4. The van der Waals surface area contributed by atoms with Crippen LogP contribution in [0.25, 0.3) is 0 Å². The molecule has 0 amide bonds. The van der Waals surface area contributed by atoms with Crippen LogP contribution in [0.4, 0.5) is 0 Å². The Balaban J connectivity index is 1.60. The average Bonchev–Trinajstić information content (AvgIpc) is 2.61. The van der Waals surface area contributed by atoms with E-state index in [0.717, 1.165) is 38.4 Å². The minimum atomic E-state index is -3.68. The van der Waals surface area contributed by atoms with Gasteiger partial charge in [-0.25, -0.2) is 13.1 Å². The van der Waals surface area contributed by atoms with Gasteiger partial charge in [0.2, 0.25) is 10.0 Å². The lowest BCUT2D eigenvalue weighted by atomic mass is 10.1. The zero-order chi connectivity index (χ0) is 18.6. The predicted octanol–water partition coefficient (Wildman–Crippen LogP) is 3.30. The summed E-state index contributed by atoms with van der Waals surface area (Å²) in [6.07, 6.45) is 0. The van der Waals surface area contributed by atoms with Crippen LogP contribution in [0.1, 0.15) is 11.1 Å². The van der Waals surface area contributed by atoms with Crippen LogP contribution in [-0.2, 0) is 27.8 Å². The molecule has 3 rings (SSSR count). The van der Waals surface area contributed by atoms with Crippen molar-refractivity contribution < 1.29 is 13.2 Å². The average molecular weight is 415 g/mol. The molecule has 1 saturated heterocycles. The van der Waals surface area contributed by atoms with Crippen molar-refractivity contribution in [3.05, 3.63) is 63.6 Å². The highest BCUT2D eigenvalue weighted by atomic mass is 35.5. The molecule has 2 aromatic rings. The van der Waals surface area contributed by atoms with Crippen LogP contribution in [0.2, 0.25) is 10.0 Å². The minimum absolute atomic E-state index is 0.0546. The number of hydrogen-bond acceptors (Lipinski definition) is 4. The molecule has 0 aliphatic carbocycles. The normalized spacial score (nSPS) is 15.9. The molecular weight excluding hydrogens is 395 g/mol. The molecule has 1 aliphatic rings. The van der Waals surface area contributed by atoms with E-state index in [1.165, 1.54) is 23.8 Å². The molecule has 2 aromatic carbocycles. The summed E-state index contributed by atoms with van der Waals surface area (Å²) >= 11 is 11.8. The van der Waals surface area contributed by atoms with E-state index in [2.05, 4.69) is 9.62 Å². The highest BCUT2D eigenvalue weighted by molar-refractivity contribution is 7.89. The van der Waals surface area contributed by atoms with Gasteiger partial charge in [-0.2, -0.15) is 0 Å². The Bertz CT molecular complexity index is 831. The second kappa shape index (κ2) is 8.69. The number of hydrogen-bond donors (Lipinski definition) is 1. The molecule has 140 valence electrons. The topological polar surface area (TPSA) is 58.6 Å². The van der Waals surface area contributed by atoms with Gasteiger partial charge in [0.25, 0.3) is 0 Å². The van der Waals surface area contributed by atoms with Crippen LogP contribution < -0.4 is 4.72 Å². The van der Waals surface area contributed by atoms with E-state index in [-0.39, 0.29) is 21.5 Å². The fourth-order valence-corrected chi connectivity index (χ4v) is 4.47. The number of benzene rings is 2. The summed E-state index contributed by atoms with van der Waals surface area (Å²) in [5.74, 6) is 0. The van der Waals surface area contributed by atoms with Gasteiger partial charge in [0, 0.05) is 36.2 Å². The van der Waals surface area contributed by atoms with Gasteiger partial charge in [-0.1, -0.05) is 47.5 Å². The Labute approximate surface area is 163 Å². The standard InChI is InChI=1S/C18H20Cl2N2O3S/c19-16-9-17(20)11-18(10-16)26(23,24)21-12-14-1-3-15(4-2-14)13-22-5-7-25-8-6-22/h1-4,9-11,21H,5-8,12-13H2. The lowest BCUT2D eigenvalue weighted by Crippen LogP contribution is -2.35. The highest BCUT2D eigenvalue weighted by Crippen LogP contribution is 2.22. The molecule has 1 heterocycles. The van der Waals surface area contributed by atoms with Gasteiger partial charge in [-0.05, 0) is 29.3 Å². The molecule has 0 unspecified atom stereocenters. The molecule has 0 saturated carbocycles. The zero-order valence-electron chi connectivity index (χ0n) is 14.1. The van der Waals surface area contributed by atoms with Crippen LogP contribution >= 0.6 is 23.2 Å². The first-order valence-corrected chi connectivity index (χ1v) is 10.5. The fourth-order valence-electron chi connectivity index (χ4n) is 2.73. The summed E-state index contributed by atoms with van der Waals surface area (Å²) in [4.78, 5) is 2.39. The third-order valence-corrected chi connectivity index (χ3v) is 5.96. The Morgan fingerprint density at radius 3 is 2.15 bits per heavy atom. The van der Waals surface area contributed by atoms with E-state index < -0.39 is 10.0 Å². The smallest absolute Gasteiger partial charge is 0.240 e. The van der Waals surface area contributed by atoms with Crippen LogP contribution in [-0.4, -0.2) is 39.6 Å². The Morgan fingerprint density at radius 1 is 0.962 bits per heavy atom. The van der Waals surface area contributed by atoms with Crippen LogP contribution in [0.15, 0.2) is 47.4 Å². The van der Waals surface area contributed by atoms with Crippen molar-refractivity contribution >= 4 is 33.2 Å². The van der Waals surface area contributed by atoms with Gasteiger partial charge in [0.1, 0.15) is 0 Å². The number of rotatable bonds is 6. The first kappa shape index (κ1) is 19.6. The lowest BCUT2D eigenvalue weighted by molar-refractivity contribution is 0.0342. The first-order valence-electron chi connectivity index (χ1n) is 8.26. The molecule has 5 nitrogen and oxygen atoms in total. The van der Waals surface area contributed by atoms with Crippen molar-refractivity contribution in [3.63, 3.8) is 0 Å². The Kier molecular flexibility index (Phi) is 6.55. The van der Waals surface area contributed by atoms with E-state index >= 15 is 0 Å². The summed E-state index contributed by atoms with van der Waals surface area (Å²) < 4.78 is 32.7. The maximum Gasteiger partial charge on any atom is 0.240 e. The Hall–Kier alpha value is -1.15. The van der Waals surface area contributed by atoms with Crippen molar-refractivity contribution in [3.8, 4) is 0 Å². The summed E-state index contributed by atoms with van der Waals surface area (Å²) in [6.45, 7) is 4.48. The summed E-state index contributed by atoms with van der Waals surface area (Å²) in [5, 5.41) is 0.565. The van der Waals surface area contributed by atoms with E-state index in [1.807, 2.05) is 24.3 Å². The summed E-state index contributed by atoms with van der Waals surface area (Å²) in [7, 11) is -3.68. The maximum absolute atomic E-state index is 12.4. The highest BCUT2D eigenvalue weighted by Gasteiger charge is 2.15. The van der Waals surface area contributed by atoms with Crippen LogP contribution in [0.3, 0.4) is 0 Å². The molecule has 8 heteroatoms. The molecular formula is C18H20Cl2N2O3S. The number of morpholine rings is 1. The van der Waals surface area contributed by atoms with E-state index in [4.69, 9.17) is 27.9 Å². The fraction of sp³-hybridized carbons (Fsp3) is 0.333. The van der Waals surface area contributed by atoms with Crippen LogP contribution in [0, 0.1) is 0 Å². The van der Waals surface area contributed by atoms with Crippen LogP contribution in [0.5, 0.6) is 0 Å². The predicted molar refractivity (Wildman–Crippen MR) is 103 cm³/mol. The summed E-state index contributed by atoms with van der Waals surface area (Å²) in [6, 6.07) is 12.2. The van der Waals surface area contributed by atoms with Crippen molar-refractivity contribution in [1.82, 2.24) is 9.62 Å². The van der Waals surface area contributed by atoms with Gasteiger partial charge >= 0.3 is 0 Å². The van der Waals surface area contributed by atoms with E-state index in [9.17, 15) is 8.42 Å². The van der Waals surface area contributed by atoms with Gasteiger partial charge < -0.3 is 4.74 Å².